The van der Waals surface area contributed by atoms with Crippen molar-refractivity contribution < 1.29 is 0 Å². The fourth-order valence-electron chi connectivity index (χ4n) is 2.15. The van der Waals surface area contributed by atoms with Gasteiger partial charge in [-0.05, 0) is 25.1 Å². The molecule has 1 N–H and O–H groups in total. The highest BCUT2D eigenvalue weighted by Crippen LogP contribution is 2.30. The smallest absolute Gasteiger partial charge is 0.188 e. The van der Waals surface area contributed by atoms with Crippen molar-refractivity contribution in [2.45, 2.75) is 37.2 Å². The third kappa shape index (κ3) is 4.05. The van der Waals surface area contributed by atoms with Crippen molar-refractivity contribution in [1.29, 1.82) is 0 Å². The Morgan fingerprint density at radius 1 is 1.20 bits per heavy atom. The number of nitrogens with one attached hydrogen (secondary N) is 1. The number of rotatable bonds is 6. The highest BCUT2D eigenvalue weighted by Gasteiger charge is 2.20. The molecule has 0 saturated carbocycles. The fourth-order valence-corrected chi connectivity index (χ4v) is 3.19. The van der Waals surface area contributed by atoms with Crippen LogP contribution >= 0.6 is 11.8 Å². The monoisotopic (exact) mass is 287 g/mol. The molecule has 3 nitrogen and oxygen atoms in total. The number of benzene rings is 1. The number of aromatic nitrogens is 2. The number of aryl methyl sites for hydroxylation is 1. The van der Waals surface area contributed by atoms with Gasteiger partial charge in [0.05, 0.1) is 0 Å². The Morgan fingerprint density at radius 2 is 1.95 bits per heavy atom. The summed E-state index contributed by atoms with van der Waals surface area (Å²) in [6.07, 6.45) is 1.82. The molecule has 106 valence electrons. The first-order chi connectivity index (χ1) is 9.70. The van der Waals surface area contributed by atoms with E-state index in [1.807, 2.05) is 25.3 Å². The predicted molar refractivity (Wildman–Crippen MR) is 84.9 cm³/mol. The van der Waals surface area contributed by atoms with E-state index in [0.29, 0.717) is 11.3 Å². The van der Waals surface area contributed by atoms with Crippen LogP contribution in [0.2, 0.25) is 0 Å². The molecule has 0 aliphatic heterocycles. The Labute approximate surface area is 125 Å². The summed E-state index contributed by atoms with van der Waals surface area (Å²) >= 11 is 1.72. The Balaban J connectivity index is 2.13. The molecular weight excluding hydrogens is 266 g/mol. The molecule has 0 amide bonds. The van der Waals surface area contributed by atoms with Gasteiger partial charge >= 0.3 is 0 Å². The van der Waals surface area contributed by atoms with Crippen LogP contribution in [-0.4, -0.2) is 21.8 Å². The molecule has 0 saturated heterocycles. The molecule has 1 aromatic heterocycles. The van der Waals surface area contributed by atoms with Crippen LogP contribution < -0.4 is 5.32 Å². The Kier molecular flexibility index (Phi) is 5.56. The van der Waals surface area contributed by atoms with Gasteiger partial charge in [0.1, 0.15) is 0 Å². The minimum absolute atomic E-state index is 0.301. The minimum atomic E-state index is 0.301. The van der Waals surface area contributed by atoms with Crippen molar-refractivity contribution in [3.05, 3.63) is 53.9 Å². The lowest BCUT2D eigenvalue weighted by atomic mass is 10.0. The normalized spacial score (nSPS) is 13.9. The molecule has 2 aromatic rings. The van der Waals surface area contributed by atoms with Crippen LogP contribution in [0.5, 0.6) is 0 Å². The van der Waals surface area contributed by atoms with Gasteiger partial charge in [-0.3, -0.25) is 0 Å². The lowest BCUT2D eigenvalue weighted by Crippen LogP contribution is -2.28. The van der Waals surface area contributed by atoms with Gasteiger partial charge in [-0.2, -0.15) is 0 Å². The van der Waals surface area contributed by atoms with E-state index in [0.717, 1.165) is 17.4 Å². The van der Waals surface area contributed by atoms with E-state index in [2.05, 4.69) is 53.4 Å². The second kappa shape index (κ2) is 7.41. The Bertz CT molecular complexity index is 530. The molecule has 0 aliphatic carbocycles. The van der Waals surface area contributed by atoms with Gasteiger partial charge < -0.3 is 5.32 Å². The van der Waals surface area contributed by atoms with E-state index in [4.69, 9.17) is 0 Å². The average Bonchev–Trinajstić information content (AvgIpc) is 2.45. The van der Waals surface area contributed by atoms with E-state index >= 15 is 0 Å². The molecule has 20 heavy (non-hydrogen) atoms. The van der Waals surface area contributed by atoms with Gasteiger partial charge in [-0.25, -0.2) is 9.97 Å². The molecule has 2 atom stereocenters. The first-order valence-electron chi connectivity index (χ1n) is 6.95. The first-order valence-corrected chi connectivity index (χ1v) is 7.83. The quantitative estimate of drug-likeness (QED) is 0.650. The number of nitrogens with zero attached hydrogens (tertiary/aromatic N) is 2. The molecule has 1 heterocycles. The molecule has 0 radical (unpaired) electrons. The largest absolute Gasteiger partial charge is 0.309 e. The lowest BCUT2D eigenvalue weighted by molar-refractivity contribution is 0.547. The van der Waals surface area contributed by atoms with Gasteiger partial charge in [-0.1, -0.05) is 55.9 Å². The van der Waals surface area contributed by atoms with E-state index in [9.17, 15) is 0 Å². The van der Waals surface area contributed by atoms with Crippen molar-refractivity contribution in [3.8, 4) is 0 Å². The van der Waals surface area contributed by atoms with Crippen molar-refractivity contribution >= 4 is 11.8 Å². The SMILES string of the molecule is CCNC(c1ccccc1)C(C)Sc1nccc(C)n1. The van der Waals surface area contributed by atoms with Crippen LogP contribution in [0.4, 0.5) is 0 Å². The second-order valence-corrected chi connectivity index (χ2v) is 6.09. The van der Waals surface area contributed by atoms with Gasteiger partial charge in [0.25, 0.3) is 0 Å². The summed E-state index contributed by atoms with van der Waals surface area (Å²) in [5.41, 5.74) is 2.32. The Hall–Kier alpha value is -1.39. The summed E-state index contributed by atoms with van der Waals surface area (Å²) in [5, 5.41) is 4.76. The predicted octanol–water partition coefficient (Wildman–Crippen LogP) is 3.62. The van der Waals surface area contributed by atoms with E-state index in [-0.39, 0.29) is 0 Å². The summed E-state index contributed by atoms with van der Waals surface area (Å²) in [4.78, 5) is 8.81. The minimum Gasteiger partial charge on any atom is -0.309 e. The summed E-state index contributed by atoms with van der Waals surface area (Å²) in [6, 6.07) is 12.8. The number of hydrogen-bond acceptors (Lipinski definition) is 4. The lowest BCUT2D eigenvalue weighted by Gasteiger charge is -2.24. The van der Waals surface area contributed by atoms with Gasteiger partial charge in [0.15, 0.2) is 5.16 Å². The van der Waals surface area contributed by atoms with E-state index in [1.54, 1.807) is 11.8 Å². The standard InChI is InChI=1S/C16H21N3S/c1-4-17-15(14-8-6-5-7-9-14)13(3)20-16-18-11-10-12(2)19-16/h5-11,13,15,17H,4H2,1-3H3. The zero-order valence-corrected chi connectivity index (χ0v) is 13.0. The summed E-state index contributed by atoms with van der Waals surface area (Å²) in [7, 11) is 0. The average molecular weight is 287 g/mol. The maximum absolute atomic E-state index is 4.47. The second-order valence-electron chi connectivity index (χ2n) is 4.75. The van der Waals surface area contributed by atoms with Crippen LogP contribution in [-0.2, 0) is 0 Å². The highest BCUT2D eigenvalue weighted by molar-refractivity contribution is 7.99. The molecule has 2 unspecified atom stereocenters. The molecular formula is C16H21N3S. The van der Waals surface area contributed by atoms with Crippen LogP contribution in [0, 0.1) is 6.92 Å². The van der Waals surface area contributed by atoms with E-state index < -0.39 is 0 Å². The fraction of sp³-hybridized carbons (Fsp3) is 0.375. The summed E-state index contributed by atoms with van der Waals surface area (Å²) < 4.78 is 0. The van der Waals surface area contributed by atoms with E-state index in [1.165, 1.54) is 5.56 Å². The van der Waals surface area contributed by atoms with Gasteiger partial charge in [0.2, 0.25) is 0 Å². The highest BCUT2D eigenvalue weighted by atomic mass is 32.2. The number of hydrogen-bond donors (Lipinski definition) is 1. The van der Waals surface area contributed by atoms with Gasteiger partial charge in [0, 0.05) is 23.2 Å². The molecule has 0 aliphatic rings. The van der Waals surface area contributed by atoms with Crippen molar-refractivity contribution in [2.24, 2.45) is 0 Å². The van der Waals surface area contributed by atoms with Crippen LogP contribution in [0.3, 0.4) is 0 Å². The zero-order valence-electron chi connectivity index (χ0n) is 12.2. The van der Waals surface area contributed by atoms with Crippen molar-refractivity contribution in [2.75, 3.05) is 6.54 Å². The van der Waals surface area contributed by atoms with Crippen LogP contribution in [0.25, 0.3) is 0 Å². The molecule has 4 heteroatoms. The third-order valence-corrected chi connectivity index (χ3v) is 4.17. The molecule has 2 rings (SSSR count). The molecule has 0 fully saturated rings. The maximum atomic E-state index is 4.47. The third-order valence-electron chi connectivity index (χ3n) is 3.12. The molecule has 0 bridgehead atoms. The van der Waals surface area contributed by atoms with Crippen molar-refractivity contribution in [1.82, 2.24) is 15.3 Å². The molecule has 1 aromatic carbocycles. The summed E-state index contributed by atoms with van der Waals surface area (Å²) in [6.45, 7) is 7.29. The maximum Gasteiger partial charge on any atom is 0.188 e. The molecule has 0 spiro atoms. The zero-order chi connectivity index (χ0) is 14.4. The Morgan fingerprint density at radius 3 is 2.60 bits per heavy atom. The summed E-state index contributed by atoms with van der Waals surface area (Å²) in [5.74, 6) is 0. The van der Waals surface area contributed by atoms with Crippen molar-refractivity contribution in [3.63, 3.8) is 0 Å². The first kappa shape index (κ1) is 15.0. The van der Waals surface area contributed by atoms with Crippen LogP contribution in [0.15, 0.2) is 47.8 Å². The topological polar surface area (TPSA) is 37.8 Å². The van der Waals surface area contributed by atoms with Crippen LogP contribution in [0.1, 0.15) is 31.1 Å². The number of thioether (sulfide) groups is 1. The van der Waals surface area contributed by atoms with Gasteiger partial charge in [-0.15, -0.1) is 0 Å².